The third-order valence-electron chi connectivity index (χ3n) is 4.78. The normalized spacial score (nSPS) is 15.3. The molecule has 140 valence electrons. The fourth-order valence-electron chi connectivity index (χ4n) is 3.47. The van der Waals surface area contributed by atoms with Gasteiger partial charge in [0, 0.05) is 28.2 Å². The van der Waals surface area contributed by atoms with Crippen LogP contribution in [-0.4, -0.2) is 19.6 Å². The van der Waals surface area contributed by atoms with E-state index in [0.29, 0.717) is 17.9 Å². The summed E-state index contributed by atoms with van der Waals surface area (Å²) < 4.78 is 11.0. The molecule has 4 rings (SSSR count). The number of hydrogen-bond donors (Lipinski definition) is 1. The molecule has 0 saturated carbocycles. The first kappa shape index (κ1) is 18.1. The van der Waals surface area contributed by atoms with Gasteiger partial charge in [-0.2, -0.15) is 0 Å². The molecule has 4 nitrogen and oxygen atoms in total. The summed E-state index contributed by atoms with van der Waals surface area (Å²) >= 11 is 1.67. The first-order valence-electron chi connectivity index (χ1n) is 8.92. The van der Waals surface area contributed by atoms with E-state index in [-0.39, 0.29) is 18.4 Å². The van der Waals surface area contributed by atoms with Crippen molar-refractivity contribution in [2.75, 3.05) is 19.0 Å². The van der Waals surface area contributed by atoms with E-state index < -0.39 is 0 Å². The van der Waals surface area contributed by atoms with E-state index >= 15 is 0 Å². The van der Waals surface area contributed by atoms with Crippen LogP contribution in [0.25, 0.3) is 11.1 Å². The summed E-state index contributed by atoms with van der Waals surface area (Å²) in [5.41, 5.74) is 4.07. The van der Waals surface area contributed by atoms with Crippen LogP contribution in [0, 0.1) is 12.3 Å². The van der Waals surface area contributed by atoms with Gasteiger partial charge in [0.1, 0.15) is 6.61 Å². The molecule has 1 N–H and O–H groups in total. The highest BCUT2D eigenvalue weighted by Gasteiger charge is 2.31. The molecule has 1 aromatic heterocycles. The lowest BCUT2D eigenvalue weighted by Gasteiger charge is -2.24. The summed E-state index contributed by atoms with van der Waals surface area (Å²) in [5, 5.41) is 5.18. The van der Waals surface area contributed by atoms with Gasteiger partial charge in [-0.1, -0.05) is 42.3 Å². The number of hydrogen-bond acceptors (Lipinski definition) is 4. The highest BCUT2D eigenvalue weighted by molar-refractivity contribution is 7.11. The Balaban J connectivity index is 1.74. The van der Waals surface area contributed by atoms with E-state index in [9.17, 15) is 4.79 Å². The number of terminal acetylenes is 1. The van der Waals surface area contributed by atoms with Gasteiger partial charge >= 0.3 is 0 Å². The monoisotopic (exact) mass is 389 g/mol. The van der Waals surface area contributed by atoms with Gasteiger partial charge in [-0.25, -0.2) is 0 Å². The number of methoxy groups -OCH3 is 1. The van der Waals surface area contributed by atoms with E-state index in [2.05, 4.69) is 28.8 Å². The van der Waals surface area contributed by atoms with Crippen molar-refractivity contribution in [2.24, 2.45) is 0 Å². The van der Waals surface area contributed by atoms with Gasteiger partial charge in [0.15, 0.2) is 11.5 Å². The van der Waals surface area contributed by atoms with Gasteiger partial charge in [-0.15, -0.1) is 17.8 Å². The molecule has 5 heteroatoms. The van der Waals surface area contributed by atoms with Crippen molar-refractivity contribution in [3.8, 4) is 35.0 Å². The number of amides is 1. The molecular weight excluding hydrogens is 370 g/mol. The van der Waals surface area contributed by atoms with Crippen LogP contribution in [0.4, 0.5) is 5.69 Å². The van der Waals surface area contributed by atoms with Crippen LogP contribution in [0.5, 0.6) is 11.5 Å². The van der Waals surface area contributed by atoms with Crippen LogP contribution in [0.15, 0.2) is 53.9 Å². The second-order valence-electron chi connectivity index (χ2n) is 6.46. The first-order valence-corrected chi connectivity index (χ1v) is 9.80. The van der Waals surface area contributed by atoms with Crippen molar-refractivity contribution in [1.82, 2.24) is 0 Å². The lowest BCUT2D eigenvalue weighted by Crippen LogP contribution is -2.22. The van der Waals surface area contributed by atoms with Crippen LogP contribution in [0.3, 0.4) is 0 Å². The Kier molecular flexibility index (Phi) is 5.05. The highest BCUT2D eigenvalue weighted by atomic mass is 32.1. The Hall–Kier alpha value is -3.23. The van der Waals surface area contributed by atoms with Gasteiger partial charge < -0.3 is 14.8 Å². The zero-order valence-corrected chi connectivity index (χ0v) is 16.2. The standard InChI is InChI=1S/C23H19NO3S/c1-3-11-27-19-10-9-16(12-20(19)26-2)17-13-21(25)24-22-18(14-28-23(17)22)15-7-5-4-6-8-15/h1,4-10,12,14,17H,11,13H2,2H3,(H,24,25)/t17-/m1/s1. The van der Waals surface area contributed by atoms with Crippen LogP contribution in [0.2, 0.25) is 0 Å². The van der Waals surface area contributed by atoms with Crippen molar-refractivity contribution < 1.29 is 14.3 Å². The maximum atomic E-state index is 12.5. The minimum atomic E-state index is -0.0261. The predicted molar refractivity (Wildman–Crippen MR) is 112 cm³/mol. The van der Waals surface area contributed by atoms with Gasteiger partial charge in [0.2, 0.25) is 5.91 Å². The van der Waals surface area contributed by atoms with Crippen molar-refractivity contribution in [3.05, 3.63) is 64.4 Å². The summed E-state index contributed by atoms with van der Waals surface area (Å²) in [7, 11) is 1.60. The molecular formula is C23H19NO3S. The molecule has 0 fully saturated rings. The molecule has 1 amide bonds. The van der Waals surface area contributed by atoms with Gasteiger partial charge in [-0.05, 0) is 23.3 Å². The largest absolute Gasteiger partial charge is 0.493 e. The van der Waals surface area contributed by atoms with Crippen LogP contribution in [-0.2, 0) is 4.79 Å². The number of benzene rings is 2. The minimum absolute atomic E-state index is 0.0136. The van der Waals surface area contributed by atoms with Crippen molar-refractivity contribution in [1.29, 1.82) is 0 Å². The maximum Gasteiger partial charge on any atom is 0.225 e. The third kappa shape index (κ3) is 3.35. The average molecular weight is 389 g/mol. The number of carbonyl (C=O) groups is 1. The molecule has 1 atom stereocenters. The lowest BCUT2D eigenvalue weighted by atomic mass is 9.89. The van der Waals surface area contributed by atoms with Crippen LogP contribution >= 0.6 is 11.3 Å². The van der Waals surface area contributed by atoms with Gasteiger partial charge in [0.05, 0.1) is 12.8 Å². The molecule has 2 aromatic carbocycles. The second-order valence-corrected chi connectivity index (χ2v) is 7.37. The summed E-state index contributed by atoms with van der Waals surface area (Å²) in [5.74, 6) is 3.65. The minimum Gasteiger partial charge on any atom is -0.493 e. The van der Waals surface area contributed by atoms with E-state index in [4.69, 9.17) is 15.9 Å². The van der Waals surface area contributed by atoms with Gasteiger partial charge in [-0.3, -0.25) is 4.79 Å². The predicted octanol–water partition coefficient (Wildman–Crippen LogP) is 4.91. The van der Waals surface area contributed by atoms with E-state index in [1.54, 1.807) is 18.4 Å². The Bertz CT molecular complexity index is 1050. The molecule has 0 bridgehead atoms. The number of anilines is 1. The highest BCUT2D eigenvalue weighted by Crippen LogP contribution is 2.47. The fourth-order valence-corrected chi connectivity index (χ4v) is 4.63. The molecule has 28 heavy (non-hydrogen) atoms. The summed E-state index contributed by atoms with van der Waals surface area (Å²) in [4.78, 5) is 13.6. The van der Waals surface area contributed by atoms with E-state index in [0.717, 1.165) is 27.3 Å². The number of rotatable bonds is 5. The first-order chi connectivity index (χ1) is 13.7. The molecule has 3 aromatic rings. The molecule has 0 aliphatic carbocycles. The van der Waals surface area contributed by atoms with Crippen LogP contribution < -0.4 is 14.8 Å². The molecule has 1 aliphatic heterocycles. The Morgan fingerprint density at radius 3 is 2.79 bits per heavy atom. The van der Waals surface area contributed by atoms with E-state index in [1.807, 2.05) is 36.4 Å². The zero-order valence-electron chi connectivity index (χ0n) is 15.4. The Morgan fingerprint density at radius 1 is 1.21 bits per heavy atom. The lowest BCUT2D eigenvalue weighted by molar-refractivity contribution is -0.116. The zero-order chi connectivity index (χ0) is 19.5. The Morgan fingerprint density at radius 2 is 2.04 bits per heavy atom. The Labute approximate surface area is 168 Å². The number of ether oxygens (including phenoxy) is 2. The molecule has 2 heterocycles. The molecule has 0 unspecified atom stereocenters. The third-order valence-corrected chi connectivity index (χ3v) is 5.87. The summed E-state index contributed by atoms with van der Waals surface area (Å²) in [6, 6.07) is 15.9. The number of thiophene rings is 1. The molecule has 0 spiro atoms. The fraction of sp³-hybridized carbons (Fsp3) is 0.174. The number of nitrogens with one attached hydrogen (secondary N) is 1. The van der Waals surface area contributed by atoms with Crippen molar-refractivity contribution in [2.45, 2.75) is 12.3 Å². The molecule has 0 radical (unpaired) electrons. The second kappa shape index (κ2) is 7.79. The van der Waals surface area contributed by atoms with Crippen molar-refractivity contribution in [3.63, 3.8) is 0 Å². The number of carbonyl (C=O) groups excluding carboxylic acids is 1. The molecule has 0 saturated heterocycles. The van der Waals surface area contributed by atoms with Crippen molar-refractivity contribution >= 4 is 22.9 Å². The summed E-state index contributed by atoms with van der Waals surface area (Å²) in [6.07, 6.45) is 5.67. The quantitative estimate of drug-likeness (QED) is 0.631. The summed E-state index contributed by atoms with van der Waals surface area (Å²) in [6.45, 7) is 0.178. The number of fused-ring (bicyclic) bond motifs is 1. The maximum absolute atomic E-state index is 12.5. The SMILES string of the molecule is C#CCOc1ccc([C@H]2CC(=O)Nc3c(-c4ccccc4)csc32)cc1OC. The smallest absolute Gasteiger partial charge is 0.225 e. The van der Waals surface area contributed by atoms with Gasteiger partial charge in [0.25, 0.3) is 0 Å². The van der Waals surface area contributed by atoms with Crippen LogP contribution in [0.1, 0.15) is 22.8 Å². The topological polar surface area (TPSA) is 47.6 Å². The molecule has 1 aliphatic rings. The average Bonchev–Trinajstić information content (AvgIpc) is 3.16. The van der Waals surface area contributed by atoms with E-state index in [1.165, 1.54) is 0 Å².